The summed E-state index contributed by atoms with van der Waals surface area (Å²) in [6, 6.07) is 5.03. The first-order valence-corrected chi connectivity index (χ1v) is 4.92. The quantitative estimate of drug-likeness (QED) is 0.813. The number of hydrogen-bond acceptors (Lipinski definition) is 3. The number of aliphatic hydroxyl groups is 1. The van der Waals surface area contributed by atoms with Gasteiger partial charge in [0.2, 0.25) is 0 Å². The molecule has 0 spiro atoms. The SMILES string of the molecule is Cc1oc2cccc(C(O)C(=O)O)c2c1C. The Bertz CT molecular complexity index is 553. The molecular formula is C12H12O4. The van der Waals surface area contributed by atoms with Crippen molar-refractivity contribution in [3.8, 4) is 0 Å². The van der Waals surface area contributed by atoms with Gasteiger partial charge >= 0.3 is 5.97 Å². The standard InChI is InChI=1S/C12H12O4/c1-6-7(2)16-9-5-3-4-8(10(6)9)11(13)12(14)15/h3-5,11,13H,1-2H3,(H,14,15). The number of hydrogen-bond donors (Lipinski definition) is 2. The fraction of sp³-hybridized carbons (Fsp3) is 0.250. The van der Waals surface area contributed by atoms with Gasteiger partial charge in [0.25, 0.3) is 0 Å². The zero-order valence-electron chi connectivity index (χ0n) is 9.02. The lowest BCUT2D eigenvalue weighted by atomic mass is 10.0. The molecule has 0 saturated heterocycles. The van der Waals surface area contributed by atoms with Gasteiger partial charge in [0.1, 0.15) is 11.3 Å². The van der Waals surface area contributed by atoms with Crippen LogP contribution in [-0.4, -0.2) is 16.2 Å². The minimum Gasteiger partial charge on any atom is -0.479 e. The van der Waals surface area contributed by atoms with E-state index in [1.54, 1.807) is 18.2 Å². The Morgan fingerprint density at radius 1 is 1.38 bits per heavy atom. The van der Waals surface area contributed by atoms with Crippen molar-refractivity contribution in [1.29, 1.82) is 0 Å². The van der Waals surface area contributed by atoms with Crippen molar-refractivity contribution < 1.29 is 19.4 Å². The third-order valence-electron chi connectivity index (χ3n) is 2.75. The first-order valence-electron chi connectivity index (χ1n) is 4.92. The summed E-state index contributed by atoms with van der Waals surface area (Å²) in [5.74, 6) is -0.522. The monoisotopic (exact) mass is 220 g/mol. The van der Waals surface area contributed by atoms with E-state index in [1.807, 2.05) is 13.8 Å². The Kier molecular flexibility index (Phi) is 2.44. The number of fused-ring (bicyclic) bond motifs is 1. The third kappa shape index (κ3) is 1.47. The number of carboxylic acid groups (broad SMARTS) is 1. The van der Waals surface area contributed by atoms with E-state index in [1.165, 1.54) is 0 Å². The van der Waals surface area contributed by atoms with Gasteiger partial charge in [0.05, 0.1) is 0 Å². The second-order valence-corrected chi connectivity index (χ2v) is 3.74. The fourth-order valence-corrected chi connectivity index (χ4v) is 1.81. The number of carboxylic acids is 1. The second kappa shape index (κ2) is 3.64. The summed E-state index contributed by atoms with van der Waals surface area (Å²) in [4.78, 5) is 10.8. The molecule has 0 bridgehead atoms. The summed E-state index contributed by atoms with van der Waals surface area (Å²) in [6.07, 6.45) is -1.51. The second-order valence-electron chi connectivity index (χ2n) is 3.74. The summed E-state index contributed by atoms with van der Waals surface area (Å²) >= 11 is 0. The zero-order valence-corrected chi connectivity index (χ0v) is 9.02. The van der Waals surface area contributed by atoms with Gasteiger partial charge in [-0.25, -0.2) is 4.79 Å². The summed E-state index contributed by atoms with van der Waals surface area (Å²) in [5.41, 5.74) is 1.85. The molecule has 0 aliphatic heterocycles. The van der Waals surface area contributed by atoms with Crippen LogP contribution in [0.15, 0.2) is 22.6 Å². The molecule has 1 atom stereocenters. The Morgan fingerprint density at radius 2 is 2.06 bits per heavy atom. The van der Waals surface area contributed by atoms with Gasteiger partial charge < -0.3 is 14.6 Å². The number of carbonyl (C=O) groups is 1. The number of furan rings is 1. The van der Waals surface area contributed by atoms with Gasteiger partial charge in [0.15, 0.2) is 6.10 Å². The van der Waals surface area contributed by atoms with Crippen LogP contribution in [0.3, 0.4) is 0 Å². The van der Waals surface area contributed by atoms with E-state index in [-0.39, 0.29) is 0 Å². The van der Waals surface area contributed by atoms with Crippen molar-refractivity contribution in [3.63, 3.8) is 0 Å². The first kappa shape index (κ1) is 10.7. The number of aliphatic carboxylic acids is 1. The van der Waals surface area contributed by atoms with Gasteiger partial charge in [-0.15, -0.1) is 0 Å². The minimum atomic E-state index is -1.51. The van der Waals surface area contributed by atoms with Crippen molar-refractivity contribution in [3.05, 3.63) is 35.1 Å². The largest absolute Gasteiger partial charge is 0.479 e. The normalized spacial score (nSPS) is 12.9. The first-order chi connectivity index (χ1) is 7.52. The van der Waals surface area contributed by atoms with Crippen LogP contribution in [0.25, 0.3) is 11.0 Å². The molecule has 1 aromatic carbocycles. The number of aryl methyl sites for hydroxylation is 2. The lowest BCUT2D eigenvalue weighted by Crippen LogP contribution is -2.10. The lowest BCUT2D eigenvalue weighted by molar-refractivity contribution is -0.146. The van der Waals surface area contributed by atoms with Crippen molar-refractivity contribution >= 4 is 16.9 Å². The molecule has 0 aliphatic carbocycles. The van der Waals surface area contributed by atoms with Crippen LogP contribution in [-0.2, 0) is 4.79 Å². The Labute approximate surface area is 92.1 Å². The number of benzene rings is 1. The van der Waals surface area contributed by atoms with E-state index in [2.05, 4.69) is 0 Å². The molecule has 0 aliphatic rings. The molecule has 0 fully saturated rings. The van der Waals surface area contributed by atoms with Crippen molar-refractivity contribution in [1.82, 2.24) is 0 Å². The minimum absolute atomic E-state index is 0.374. The van der Waals surface area contributed by atoms with Gasteiger partial charge in [-0.3, -0.25) is 0 Å². The van der Waals surface area contributed by atoms with E-state index in [0.29, 0.717) is 16.5 Å². The lowest BCUT2D eigenvalue weighted by Gasteiger charge is -2.07. The van der Waals surface area contributed by atoms with E-state index in [9.17, 15) is 9.90 Å². The smallest absolute Gasteiger partial charge is 0.337 e. The molecule has 1 unspecified atom stereocenters. The zero-order chi connectivity index (χ0) is 11.9. The summed E-state index contributed by atoms with van der Waals surface area (Å²) in [6.45, 7) is 3.66. The highest BCUT2D eigenvalue weighted by Gasteiger charge is 2.21. The van der Waals surface area contributed by atoms with Crippen molar-refractivity contribution in [2.45, 2.75) is 20.0 Å². The Balaban J connectivity index is 2.74. The molecule has 1 aromatic heterocycles. The van der Waals surface area contributed by atoms with E-state index in [0.717, 1.165) is 11.3 Å². The average Bonchev–Trinajstić information content (AvgIpc) is 2.54. The number of rotatable bonds is 2. The predicted octanol–water partition coefficient (Wildman–Crippen LogP) is 2.17. The topological polar surface area (TPSA) is 70.7 Å². The van der Waals surface area contributed by atoms with Gasteiger partial charge in [0, 0.05) is 10.9 Å². The maximum Gasteiger partial charge on any atom is 0.337 e. The third-order valence-corrected chi connectivity index (χ3v) is 2.75. The van der Waals surface area contributed by atoms with Crippen LogP contribution in [0.1, 0.15) is 23.0 Å². The molecule has 2 aromatic rings. The molecule has 0 amide bonds. The van der Waals surface area contributed by atoms with Crippen LogP contribution in [0.2, 0.25) is 0 Å². The van der Waals surface area contributed by atoms with Gasteiger partial charge in [-0.05, 0) is 25.5 Å². The molecule has 1 heterocycles. The van der Waals surface area contributed by atoms with Crippen LogP contribution in [0, 0.1) is 13.8 Å². The Hall–Kier alpha value is -1.81. The summed E-state index contributed by atoms with van der Waals surface area (Å²) < 4.78 is 5.47. The highest BCUT2D eigenvalue weighted by molar-refractivity contribution is 5.90. The van der Waals surface area contributed by atoms with E-state index < -0.39 is 12.1 Å². The molecular weight excluding hydrogens is 208 g/mol. The summed E-state index contributed by atoms with van der Waals surface area (Å²) in [7, 11) is 0. The maximum absolute atomic E-state index is 10.8. The highest BCUT2D eigenvalue weighted by Crippen LogP contribution is 2.31. The fourth-order valence-electron chi connectivity index (χ4n) is 1.81. The molecule has 2 N–H and O–H groups in total. The van der Waals surface area contributed by atoms with Crippen LogP contribution in [0.5, 0.6) is 0 Å². The van der Waals surface area contributed by atoms with Crippen LogP contribution in [0.4, 0.5) is 0 Å². The van der Waals surface area contributed by atoms with E-state index >= 15 is 0 Å². The molecule has 0 radical (unpaired) electrons. The van der Waals surface area contributed by atoms with E-state index in [4.69, 9.17) is 9.52 Å². The van der Waals surface area contributed by atoms with Crippen molar-refractivity contribution in [2.24, 2.45) is 0 Å². The average molecular weight is 220 g/mol. The number of aliphatic hydroxyl groups excluding tert-OH is 1. The van der Waals surface area contributed by atoms with Gasteiger partial charge in [-0.2, -0.15) is 0 Å². The molecule has 0 saturated carbocycles. The predicted molar refractivity (Wildman–Crippen MR) is 58.3 cm³/mol. The molecule has 16 heavy (non-hydrogen) atoms. The van der Waals surface area contributed by atoms with Gasteiger partial charge in [-0.1, -0.05) is 12.1 Å². The molecule has 84 valence electrons. The molecule has 2 rings (SSSR count). The van der Waals surface area contributed by atoms with Crippen LogP contribution < -0.4 is 0 Å². The molecule has 4 nitrogen and oxygen atoms in total. The molecule has 4 heteroatoms. The maximum atomic E-state index is 10.8. The summed E-state index contributed by atoms with van der Waals surface area (Å²) in [5, 5.41) is 19.1. The highest BCUT2D eigenvalue weighted by atomic mass is 16.4. The van der Waals surface area contributed by atoms with Crippen LogP contribution >= 0.6 is 0 Å². The Morgan fingerprint density at radius 3 is 2.69 bits per heavy atom. The van der Waals surface area contributed by atoms with Crippen molar-refractivity contribution in [2.75, 3.05) is 0 Å².